The highest BCUT2D eigenvalue weighted by Gasteiger charge is 2.25. The van der Waals surface area contributed by atoms with Crippen molar-refractivity contribution in [3.05, 3.63) is 52.1 Å². The number of nitro groups is 1. The Morgan fingerprint density at radius 1 is 1.56 bits per heavy atom. The first kappa shape index (κ1) is 13.6. The third-order valence-corrected chi connectivity index (χ3v) is 2.22. The van der Waals surface area contributed by atoms with E-state index < -0.39 is 17.0 Å². The summed E-state index contributed by atoms with van der Waals surface area (Å²) < 4.78 is 4.90. The molecule has 0 spiro atoms. The molecule has 1 aromatic rings. The van der Waals surface area contributed by atoms with Gasteiger partial charge in [-0.3, -0.25) is 19.7 Å². The van der Waals surface area contributed by atoms with Gasteiger partial charge < -0.3 is 4.74 Å². The van der Waals surface area contributed by atoms with Crippen molar-refractivity contribution in [1.82, 2.24) is 0 Å². The summed E-state index contributed by atoms with van der Waals surface area (Å²) in [4.78, 5) is 32.0. The minimum Gasteiger partial charge on any atom is -0.453 e. The van der Waals surface area contributed by atoms with E-state index in [4.69, 9.17) is 4.74 Å². The fraction of sp³-hybridized carbons (Fsp3) is 0.167. The van der Waals surface area contributed by atoms with Crippen molar-refractivity contribution >= 4 is 17.9 Å². The number of para-hydroxylation sites is 1. The van der Waals surface area contributed by atoms with Gasteiger partial charge in [0.15, 0.2) is 12.4 Å². The lowest BCUT2D eigenvalue weighted by molar-refractivity contribution is -0.386. The van der Waals surface area contributed by atoms with Crippen LogP contribution in [0.4, 0.5) is 5.69 Å². The molecule has 0 N–H and O–H groups in total. The predicted molar refractivity (Wildman–Crippen MR) is 63.2 cm³/mol. The number of benzene rings is 1. The van der Waals surface area contributed by atoms with E-state index >= 15 is 0 Å². The van der Waals surface area contributed by atoms with Gasteiger partial charge in [-0.1, -0.05) is 12.6 Å². The lowest BCUT2D eigenvalue weighted by Gasteiger charge is -2.13. The number of carbonyl (C=O) groups is 2. The maximum absolute atomic E-state index is 11.0. The first-order chi connectivity index (χ1) is 8.51. The van der Waals surface area contributed by atoms with Crippen LogP contribution in [0.5, 0.6) is 0 Å². The monoisotopic (exact) mass is 249 g/mol. The standard InChI is InChI=1S/C12H11NO5/c1-3-11(18-8(2)15)10-6-4-5-9(7-14)12(10)13(16)17/h3-7,11H,1H2,2H3. The molecular formula is C12H11NO5. The van der Waals surface area contributed by atoms with Crippen LogP contribution in [0.1, 0.15) is 28.9 Å². The molecule has 94 valence electrons. The lowest BCUT2D eigenvalue weighted by atomic mass is 10.0. The van der Waals surface area contributed by atoms with E-state index in [2.05, 4.69) is 6.58 Å². The lowest BCUT2D eigenvalue weighted by Crippen LogP contribution is -2.09. The molecule has 0 bridgehead atoms. The Hall–Kier alpha value is -2.50. The van der Waals surface area contributed by atoms with Gasteiger partial charge in [0, 0.05) is 6.92 Å². The number of aldehydes is 1. The number of hydrogen-bond acceptors (Lipinski definition) is 5. The van der Waals surface area contributed by atoms with Crippen molar-refractivity contribution in [3.63, 3.8) is 0 Å². The number of carbonyl (C=O) groups excluding carboxylic acids is 2. The smallest absolute Gasteiger partial charge is 0.303 e. The molecule has 0 saturated heterocycles. The molecule has 0 aliphatic carbocycles. The largest absolute Gasteiger partial charge is 0.453 e. The molecule has 1 atom stereocenters. The zero-order chi connectivity index (χ0) is 13.7. The molecule has 6 heteroatoms. The molecule has 0 amide bonds. The Morgan fingerprint density at radius 2 is 2.22 bits per heavy atom. The summed E-state index contributed by atoms with van der Waals surface area (Å²) >= 11 is 0. The second kappa shape index (κ2) is 5.72. The van der Waals surface area contributed by atoms with E-state index in [1.807, 2.05) is 0 Å². The third kappa shape index (κ3) is 2.79. The zero-order valence-electron chi connectivity index (χ0n) is 9.66. The van der Waals surface area contributed by atoms with Gasteiger partial charge in [-0.15, -0.1) is 0 Å². The third-order valence-electron chi connectivity index (χ3n) is 2.22. The van der Waals surface area contributed by atoms with Crippen molar-refractivity contribution < 1.29 is 19.2 Å². The molecule has 0 radical (unpaired) electrons. The number of esters is 1. The average Bonchev–Trinajstić information content (AvgIpc) is 2.34. The Kier molecular flexibility index (Phi) is 4.31. The molecule has 1 aromatic carbocycles. The fourth-order valence-electron chi connectivity index (χ4n) is 1.53. The molecule has 0 aliphatic rings. The average molecular weight is 249 g/mol. The van der Waals surface area contributed by atoms with Crippen molar-refractivity contribution in [3.8, 4) is 0 Å². The summed E-state index contributed by atoms with van der Waals surface area (Å²) in [6, 6.07) is 4.22. The molecule has 1 unspecified atom stereocenters. The number of rotatable bonds is 5. The van der Waals surface area contributed by atoms with Crippen LogP contribution in [0.25, 0.3) is 0 Å². The summed E-state index contributed by atoms with van der Waals surface area (Å²) in [5, 5.41) is 11.0. The van der Waals surface area contributed by atoms with E-state index in [0.717, 1.165) is 0 Å². The van der Waals surface area contributed by atoms with Gasteiger partial charge in [0.25, 0.3) is 5.69 Å². The van der Waals surface area contributed by atoms with E-state index in [-0.39, 0.29) is 16.8 Å². The molecule has 0 saturated carbocycles. The van der Waals surface area contributed by atoms with Gasteiger partial charge in [-0.05, 0) is 18.2 Å². The predicted octanol–water partition coefficient (Wildman–Crippen LogP) is 2.20. The van der Waals surface area contributed by atoms with Crippen LogP contribution in [0.2, 0.25) is 0 Å². The molecular weight excluding hydrogens is 238 g/mol. The SMILES string of the molecule is C=CC(OC(C)=O)c1cccc(C=O)c1[N+](=O)[O-]. The number of hydrogen-bond donors (Lipinski definition) is 0. The maximum Gasteiger partial charge on any atom is 0.303 e. The van der Waals surface area contributed by atoms with Crippen LogP contribution in [0.15, 0.2) is 30.9 Å². The molecule has 0 heterocycles. The van der Waals surface area contributed by atoms with Crippen LogP contribution in [-0.4, -0.2) is 17.2 Å². The van der Waals surface area contributed by atoms with Crippen molar-refractivity contribution in [2.75, 3.05) is 0 Å². The molecule has 18 heavy (non-hydrogen) atoms. The summed E-state index contributed by atoms with van der Waals surface area (Å²) in [5.74, 6) is -0.592. The quantitative estimate of drug-likeness (QED) is 0.262. The van der Waals surface area contributed by atoms with Crippen molar-refractivity contribution in [2.24, 2.45) is 0 Å². The summed E-state index contributed by atoms with van der Waals surface area (Å²) in [6.45, 7) is 4.64. The molecule has 0 aromatic heterocycles. The molecule has 0 aliphatic heterocycles. The van der Waals surface area contributed by atoms with Crippen LogP contribution >= 0.6 is 0 Å². The van der Waals surface area contributed by atoms with Crippen molar-refractivity contribution in [1.29, 1.82) is 0 Å². The fourth-order valence-corrected chi connectivity index (χ4v) is 1.53. The van der Waals surface area contributed by atoms with Gasteiger partial charge in [0.05, 0.1) is 16.1 Å². The van der Waals surface area contributed by atoms with E-state index in [0.29, 0.717) is 6.29 Å². The topological polar surface area (TPSA) is 86.5 Å². The van der Waals surface area contributed by atoms with E-state index in [1.54, 1.807) is 0 Å². The Morgan fingerprint density at radius 3 is 2.67 bits per heavy atom. The van der Waals surface area contributed by atoms with Crippen LogP contribution in [0.3, 0.4) is 0 Å². The highest BCUT2D eigenvalue weighted by Crippen LogP contribution is 2.30. The van der Waals surface area contributed by atoms with Crippen LogP contribution in [0, 0.1) is 10.1 Å². The normalized spacial score (nSPS) is 11.4. The number of ether oxygens (including phenoxy) is 1. The molecule has 1 rings (SSSR count). The van der Waals surface area contributed by atoms with Gasteiger partial charge in [0.2, 0.25) is 0 Å². The number of nitrogens with zero attached hydrogens (tertiary/aromatic N) is 1. The van der Waals surface area contributed by atoms with Gasteiger partial charge in [-0.2, -0.15) is 0 Å². The summed E-state index contributed by atoms with van der Waals surface area (Å²) in [7, 11) is 0. The molecule has 6 nitrogen and oxygen atoms in total. The van der Waals surface area contributed by atoms with Crippen LogP contribution in [-0.2, 0) is 9.53 Å². The minimum absolute atomic E-state index is 0.0727. The highest BCUT2D eigenvalue weighted by atomic mass is 16.6. The van der Waals surface area contributed by atoms with Gasteiger partial charge in [-0.25, -0.2) is 0 Å². The second-order valence-electron chi connectivity index (χ2n) is 3.43. The van der Waals surface area contributed by atoms with E-state index in [9.17, 15) is 19.7 Å². The second-order valence-corrected chi connectivity index (χ2v) is 3.43. The summed E-state index contributed by atoms with van der Waals surface area (Å²) in [5.41, 5.74) is -0.329. The summed E-state index contributed by atoms with van der Waals surface area (Å²) in [6.07, 6.45) is 0.691. The Balaban J connectivity index is 3.37. The van der Waals surface area contributed by atoms with E-state index in [1.165, 1.54) is 31.2 Å². The van der Waals surface area contributed by atoms with Gasteiger partial charge >= 0.3 is 5.97 Å². The Labute approximate surface area is 103 Å². The van der Waals surface area contributed by atoms with Gasteiger partial charge in [0.1, 0.15) is 0 Å². The minimum atomic E-state index is -0.956. The first-order valence-corrected chi connectivity index (χ1v) is 5.03. The first-order valence-electron chi connectivity index (χ1n) is 5.03. The van der Waals surface area contributed by atoms with Crippen molar-refractivity contribution in [2.45, 2.75) is 13.0 Å². The molecule has 0 fully saturated rings. The Bertz CT molecular complexity index is 509. The highest BCUT2D eigenvalue weighted by molar-refractivity contribution is 5.82. The maximum atomic E-state index is 11.0. The number of nitro benzene ring substituents is 1. The van der Waals surface area contributed by atoms with Crippen LogP contribution < -0.4 is 0 Å². The zero-order valence-corrected chi connectivity index (χ0v) is 9.66.